The first-order valence-corrected chi connectivity index (χ1v) is 12.6. The minimum atomic E-state index is -0.691. The first kappa shape index (κ1) is 24.8. The Balaban J connectivity index is 1.60. The van der Waals surface area contributed by atoms with Gasteiger partial charge in [-0.05, 0) is 90.4 Å². The van der Waals surface area contributed by atoms with E-state index < -0.39 is 10.9 Å². The predicted octanol–water partition coefficient (Wildman–Crippen LogP) is 7.30. The summed E-state index contributed by atoms with van der Waals surface area (Å²) in [6.07, 6.45) is 1.54. The topological polar surface area (TPSA) is 91.0 Å². The van der Waals surface area contributed by atoms with Crippen molar-refractivity contribution >= 4 is 89.7 Å². The maximum Gasteiger partial charge on any atom is 0.363 e. The molecule has 0 amide bonds. The van der Waals surface area contributed by atoms with Crippen molar-refractivity contribution in [2.24, 2.45) is 4.99 Å². The standard InChI is InChI=1S/C23H12Br2ClIN2O5/c24-16-7-12(8-17(25)21(16)33-11-13-3-1-2-4-19(13)27)9-20-23(30)34-22(28-20)15-10-14(29(31)32)5-6-18(15)26/h1-10H,11H2/b20-9-. The Morgan fingerprint density at radius 3 is 2.53 bits per heavy atom. The number of nitrogens with zero attached hydrogens (tertiary/aromatic N) is 2. The molecule has 3 aromatic carbocycles. The maximum atomic E-state index is 12.4. The average molecular weight is 719 g/mol. The summed E-state index contributed by atoms with van der Waals surface area (Å²) >= 11 is 15.4. The molecule has 172 valence electrons. The molecule has 0 radical (unpaired) electrons. The Bertz CT molecular complexity index is 1370. The van der Waals surface area contributed by atoms with Crippen LogP contribution in [0, 0.1) is 13.7 Å². The Kier molecular flexibility index (Phi) is 7.70. The van der Waals surface area contributed by atoms with E-state index >= 15 is 0 Å². The highest BCUT2D eigenvalue weighted by atomic mass is 127. The number of carbonyl (C=O) groups excluding carboxylic acids is 1. The van der Waals surface area contributed by atoms with Gasteiger partial charge in [0.2, 0.25) is 5.90 Å². The van der Waals surface area contributed by atoms with Gasteiger partial charge in [0, 0.05) is 21.3 Å². The largest absolute Gasteiger partial charge is 0.486 e. The van der Waals surface area contributed by atoms with Crippen LogP contribution in [0.2, 0.25) is 5.02 Å². The van der Waals surface area contributed by atoms with Gasteiger partial charge in [-0.15, -0.1) is 0 Å². The molecule has 0 unspecified atom stereocenters. The lowest BCUT2D eigenvalue weighted by Crippen LogP contribution is -2.06. The summed E-state index contributed by atoms with van der Waals surface area (Å²) in [5.41, 5.74) is 1.72. The summed E-state index contributed by atoms with van der Waals surface area (Å²) in [5.74, 6) is -0.173. The number of esters is 1. The second-order valence-corrected chi connectivity index (χ2v) is 10.2. The van der Waals surface area contributed by atoms with Gasteiger partial charge >= 0.3 is 5.97 Å². The molecule has 0 spiro atoms. The third kappa shape index (κ3) is 5.51. The molecule has 0 saturated carbocycles. The molecule has 3 aromatic rings. The minimum Gasteiger partial charge on any atom is -0.486 e. The van der Waals surface area contributed by atoms with E-state index in [1.54, 1.807) is 18.2 Å². The van der Waals surface area contributed by atoms with E-state index in [1.807, 2.05) is 24.3 Å². The number of aliphatic imine (C=N–C) groups is 1. The molecule has 0 saturated heterocycles. The molecular formula is C23H12Br2ClIN2O5. The molecule has 7 nitrogen and oxygen atoms in total. The van der Waals surface area contributed by atoms with Gasteiger partial charge in [0.05, 0.1) is 24.5 Å². The molecule has 34 heavy (non-hydrogen) atoms. The predicted molar refractivity (Wildman–Crippen MR) is 144 cm³/mol. The molecule has 1 aliphatic heterocycles. The Morgan fingerprint density at radius 1 is 1.15 bits per heavy atom. The van der Waals surface area contributed by atoms with Crippen LogP contribution < -0.4 is 4.74 Å². The number of carbonyl (C=O) groups is 1. The number of non-ortho nitro benzene ring substituents is 1. The van der Waals surface area contributed by atoms with E-state index in [1.165, 1.54) is 18.2 Å². The Hall–Kier alpha value is -2.28. The van der Waals surface area contributed by atoms with Crippen molar-refractivity contribution in [1.82, 2.24) is 0 Å². The smallest absolute Gasteiger partial charge is 0.363 e. The van der Waals surface area contributed by atoms with Crippen LogP contribution in [-0.2, 0) is 16.1 Å². The molecule has 0 bridgehead atoms. The van der Waals surface area contributed by atoms with Crippen molar-refractivity contribution in [3.63, 3.8) is 0 Å². The molecule has 0 N–H and O–H groups in total. The first-order chi connectivity index (χ1) is 16.2. The highest BCUT2D eigenvalue weighted by Gasteiger charge is 2.27. The highest BCUT2D eigenvalue weighted by molar-refractivity contribution is 14.1. The second kappa shape index (κ2) is 10.5. The lowest BCUT2D eigenvalue weighted by molar-refractivity contribution is -0.384. The second-order valence-electron chi connectivity index (χ2n) is 6.95. The summed E-state index contributed by atoms with van der Waals surface area (Å²) in [4.78, 5) is 27.1. The van der Waals surface area contributed by atoms with Crippen molar-refractivity contribution < 1.29 is 19.2 Å². The number of rotatable bonds is 6. The zero-order chi connectivity index (χ0) is 24.4. The van der Waals surface area contributed by atoms with Crippen molar-refractivity contribution in [3.05, 3.63) is 105 Å². The fraction of sp³-hybridized carbons (Fsp3) is 0.0435. The Morgan fingerprint density at radius 2 is 1.85 bits per heavy atom. The number of cyclic esters (lactones) is 1. The van der Waals surface area contributed by atoms with Gasteiger partial charge in [-0.1, -0.05) is 29.8 Å². The van der Waals surface area contributed by atoms with Crippen molar-refractivity contribution in [2.75, 3.05) is 0 Å². The number of hydrogen-bond donors (Lipinski definition) is 0. The highest BCUT2D eigenvalue weighted by Crippen LogP contribution is 2.36. The van der Waals surface area contributed by atoms with Gasteiger partial charge in [0.15, 0.2) is 5.70 Å². The van der Waals surface area contributed by atoms with Crippen LogP contribution in [0.3, 0.4) is 0 Å². The molecule has 0 atom stereocenters. The summed E-state index contributed by atoms with van der Waals surface area (Å²) in [6.45, 7) is 0.390. The van der Waals surface area contributed by atoms with Crippen LogP contribution in [0.15, 0.2) is 74.2 Å². The molecule has 1 heterocycles. The summed E-state index contributed by atoms with van der Waals surface area (Å²) in [7, 11) is 0. The van der Waals surface area contributed by atoms with E-state index in [4.69, 9.17) is 21.1 Å². The van der Waals surface area contributed by atoms with Crippen LogP contribution in [0.25, 0.3) is 6.08 Å². The van der Waals surface area contributed by atoms with Crippen LogP contribution in [0.5, 0.6) is 5.75 Å². The molecular weight excluding hydrogens is 706 g/mol. The fourth-order valence-electron chi connectivity index (χ4n) is 3.04. The van der Waals surface area contributed by atoms with E-state index in [-0.39, 0.29) is 27.9 Å². The van der Waals surface area contributed by atoms with Crippen LogP contribution in [0.1, 0.15) is 16.7 Å². The van der Waals surface area contributed by atoms with E-state index in [0.717, 1.165) is 9.13 Å². The minimum absolute atomic E-state index is 0.0314. The number of nitro benzene ring substituents is 1. The number of benzene rings is 3. The van der Waals surface area contributed by atoms with Gasteiger partial charge < -0.3 is 9.47 Å². The normalized spacial score (nSPS) is 14.2. The first-order valence-electron chi connectivity index (χ1n) is 9.55. The summed E-state index contributed by atoms with van der Waals surface area (Å²) < 4.78 is 13.7. The maximum absolute atomic E-state index is 12.4. The van der Waals surface area contributed by atoms with Gasteiger partial charge in [0.25, 0.3) is 5.69 Å². The van der Waals surface area contributed by atoms with E-state index in [0.29, 0.717) is 26.9 Å². The Labute approximate surface area is 229 Å². The summed E-state index contributed by atoms with van der Waals surface area (Å²) in [5, 5.41) is 11.2. The van der Waals surface area contributed by atoms with Crippen molar-refractivity contribution in [3.8, 4) is 5.75 Å². The number of halogens is 4. The molecule has 4 rings (SSSR count). The third-order valence-corrected chi connectivity index (χ3v) is 7.23. The average Bonchev–Trinajstić information content (AvgIpc) is 3.14. The number of nitro groups is 1. The number of ether oxygens (including phenoxy) is 2. The van der Waals surface area contributed by atoms with Crippen LogP contribution in [-0.4, -0.2) is 16.8 Å². The van der Waals surface area contributed by atoms with Gasteiger partial charge in [-0.3, -0.25) is 10.1 Å². The third-order valence-electron chi connectivity index (χ3n) is 4.67. The van der Waals surface area contributed by atoms with Gasteiger partial charge in [-0.2, -0.15) is 0 Å². The summed E-state index contributed by atoms with van der Waals surface area (Å²) in [6, 6.07) is 15.3. The SMILES string of the molecule is O=C1OC(c2cc([N+](=O)[O-])ccc2Cl)=N/C1=C\c1cc(Br)c(OCc2ccccc2I)c(Br)c1. The van der Waals surface area contributed by atoms with E-state index in [9.17, 15) is 14.9 Å². The van der Waals surface area contributed by atoms with Crippen molar-refractivity contribution in [2.45, 2.75) is 6.61 Å². The molecule has 1 aliphatic rings. The molecule has 0 aromatic heterocycles. The van der Waals surface area contributed by atoms with Crippen LogP contribution >= 0.6 is 66.1 Å². The lowest BCUT2D eigenvalue weighted by Gasteiger charge is -2.12. The monoisotopic (exact) mass is 716 g/mol. The zero-order valence-electron chi connectivity index (χ0n) is 16.9. The lowest BCUT2D eigenvalue weighted by atomic mass is 10.2. The van der Waals surface area contributed by atoms with Gasteiger partial charge in [0.1, 0.15) is 12.4 Å². The zero-order valence-corrected chi connectivity index (χ0v) is 23.0. The van der Waals surface area contributed by atoms with Crippen LogP contribution in [0.4, 0.5) is 5.69 Å². The molecule has 11 heteroatoms. The molecule has 0 fully saturated rings. The van der Waals surface area contributed by atoms with Crippen molar-refractivity contribution in [1.29, 1.82) is 0 Å². The number of hydrogen-bond acceptors (Lipinski definition) is 6. The quantitative estimate of drug-likeness (QED) is 0.0878. The molecule has 0 aliphatic carbocycles. The van der Waals surface area contributed by atoms with Gasteiger partial charge in [-0.25, -0.2) is 9.79 Å². The van der Waals surface area contributed by atoms with E-state index in [2.05, 4.69) is 59.4 Å². The fourth-order valence-corrected chi connectivity index (χ4v) is 5.23.